The van der Waals surface area contributed by atoms with E-state index in [0.717, 1.165) is 23.0 Å². The van der Waals surface area contributed by atoms with Crippen molar-refractivity contribution in [3.05, 3.63) is 39.1 Å². The minimum atomic E-state index is -0.0290. The zero-order valence-electron chi connectivity index (χ0n) is 8.40. The summed E-state index contributed by atoms with van der Waals surface area (Å²) >= 11 is 3.36. The molecule has 0 radical (unpaired) electrons. The van der Waals surface area contributed by atoms with Gasteiger partial charge in [0, 0.05) is 16.4 Å². The fourth-order valence-corrected chi connectivity index (χ4v) is 1.94. The summed E-state index contributed by atoms with van der Waals surface area (Å²) in [5.74, 6) is 0. The number of hydrogen-bond donors (Lipinski definition) is 0. The Bertz CT molecular complexity index is 548. The summed E-state index contributed by atoms with van der Waals surface area (Å²) in [5.41, 5.74) is 0.867. The SMILES string of the molecule is CCCn1ncc(=O)c2cc(Br)ccc21. The Morgan fingerprint density at radius 3 is 3.00 bits per heavy atom. The van der Waals surface area contributed by atoms with Crippen LogP contribution in [0, 0.1) is 0 Å². The van der Waals surface area contributed by atoms with Crippen LogP contribution in [-0.2, 0) is 6.54 Å². The van der Waals surface area contributed by atoms with Gasteiger partial charge in [0.1, 0.15) is 0 Å². The van der Waals surface area contributed by atoms with Crippen molar-refractivity contribution in [2.75, 3.05) is 0 Å². The van der Waals surface area contributed by atoms with E-state index in [0.29, 0.717) is 5.39 Å². The Balaban J connectivity index is 2.76. The second-order valence-corrected chi connectivity index (χ2v) is 4.31. The molecule has 1 heterocycles. The Labute approximate surface area is 95.9 Å². The number of nitrogens with zero attached hydrogens (tertiary/aromatic N) is 2. The van der Waals surface area contributed by atoms with Crippen molar-refractivity contribution in [1.29, 1.82) is 0 Å². The van der Waals surface area contributed by atoms with E-state index < -0.39 is 0 Å². The molecule has 15 heavy (non-hydrogen) atoms. The van der Waals surface area contributed by atoms with Gasteiger partial charge in [0.15, 0.2) is 0 Å². The Hall–Kier alpha value is -1.16. The zero-order chi connectivity index (χ0) is 10.8. The number of hydrogen-bond acceptors (Lipinski definition) is 2. The van der Waals surface area contributed by atoms with Crippen LogP contribution in [0.25, 0.3) is 10.9 Å². The molecule has 3 nitrogen and oxygen atoms in total. The summed E-state index contributed by atoms with van der Waals surface area (Å²) < 4.78 is 2.78. The first-order valence-electron chi connectivity index (χ1n) is 4.87. The zero-order valence-corrected chi connectivity index (χ0v) is 9.99. The molecule has 0 atom stereocenters. The van der Waals surface area contributed by atoms with Crippen LogP contribution < -0.4 is 5.43 Å². The molecule has 0 amide bonds. The monoisotopic (exact) mass is 266 g/mol. The molecule has 0 spiro atoms. The van der Waals surface area contributed by atoms with Gasteiger partial charge in [0.2, 0.25) is 5.43 Å². The van der Waals surface area contributed by atoms with Crippen molar-refractivity contribution >= 4 is 26.8 Å². The Kier molecular flexibility index (Phi) is 2.86. The number of halogens is 1. The third-order valence-corrected chi connectivity index (χ3v) is 2.75. The lowest BCUT2D eigenvalue weighted by atomic mass is 10.2. The molecule has 0 saturated heterocycles. The van der Waals surface area contributed by atoms with Crippen LogP contribution in [0.4, 0.5) is 0 Å². The second-order valence-electron chi connectivity index (χ2n) is 3.39. The van der Waals surface area contributed by atoms with Crippen LogP contribution in [0.1, 0.15) is 13.3 Å². The van der Waals surface area contributed by atoms with E-state index in [1.807, 2.05) is 22.9 Å². The summed E-state index contributed by atoms with van der Waals surface area (Å²) in [6.07, 6.45) is 2.38. The fraction of sp³-hybridized carbons (Fsp3) is 0.273. The number of benzene rings is 1. The predicted molar refractivity (Wildman–Crippen MR) is 64.0 cm³/mol. The summed E-state index contributed by atoms with van der Waals surface area (Å²) in [4.78, 5) is 11.6. The van der Waals surface area contributed by atoms with Crippen molar-refractivity contribution < 1.29 is 0 Å². The van der Waals surface area contributed by atoms with Crippen molar-refractivity contribution in [2.24, 2.45) is 0 Å². The first-order chi connectivity index (χ1) is 7.22. The molecular weight excluding hydrogens is 256 g/mol. The molecule has 0 bridgehead atoms. The van der Waals surface area contributed by atoms with Crippen molar-refractivity contribution in [2.45, 2.75) is 19.9 Å². The molecule has 78 valence electrons. The van der Waals surface area contributed by atoms with Crippen LogP contribution in [0.5, 0.6) is 0 Å². The smallest absolute Gasteiger partial charge is 0.207 e. The van der Waals surface area contributed by atoms with Gasteiger partial charge in [-0.15, -0.1) is 0 Å². The molecular formula is C11H11BrN2O. The van der Waals surface area contributed by atoms with E-state index in [4.69, 9.17) is 0 Å². The van der Waals surface area contributed by atoms with Crippen LogP contribution >= 0.6 is 15.9 Å². The second kappa shape index (κ2) is 4.14. The first kappa shape index (κ1) is 10.4. The maximum absolute atomic E-state index is 11.6. The summed E-state index contributed by atoms with van der Waals surface area (Å²) in [7, 11) is 0. The highest BCUT2D eigenvalue weighted by Gasteiger charge is 2.03. The highest BCUT2D eigenvalue weighted by molar-refractivity contribution is 9.10. The van der Waals surface area contributed by atoms with Crippen LogP contribution in [0.2, 0.25) is 0 Å². The van der Waals surface area contributed by atoms with Crippen LogP contribution in [0.3, 0.4) is 0 Å². The molecule has 0 aliphatic carbocycles. The molecule has 4 heteroatoms. The first-order valence-corrected chi connectivity index (χ1v) is 5.67. The molecule has 0 unspecified atom stereocenters. The van der Waals surface area contributed by atoms with Gasteiger partial charge in [0.05, 0.1) is 11.7 Å². The normalized spacial score (nSPS) is 10.8. The van der Waals surface area contributed by atoms with Gasteiger partial charge in [-0.05, 0) is 24.6 Å². The van der Waals surface area contributed by atoms with Gasteiger partial charge in [-0.3, -0.25) is 9.48 Å². The molecule has 0 N–H and O–H groups in total. The lowest BCUT2D eigenvalue weighted by molar-refractivity contribution is 0.611. The molecule has 0 aliphatic heterocycles. The highest BCUT2D eigenvalue weighted by atomic mass is 79.9. The van der Waals surface area contributed by atoms with Gasteiger partial charge in [-0.25, -0.2) is 0 Å². The fourth-order valence-electron chi connectivity index (χ4n) is 1.57. The van der Waals surface area contributed by atoms with Crippen molar-refractivity contribution in [1.82, 2.24) is 9.78 Å². The van der Waals surface area contributed by atoms with E-state index in [1.165, 1.54) is 6.20 Å². The third-order valence-electron chi connectivity index (χ3n) is 2.25. The average Bonchev–Trinajstić information content (AvgIpc) is 2.23. The number of fused-ring (bicyclic) bond motifs is 1. The molecule has 1 aromatic carbocycles. The number of aromatic nitrogens is 2. The predicted octanol–water partition coefficient (Wildman–Crippen LogP) is 2.57. The highest BCUT2D eigenvalue weighted by Crippen LogP contribution is 2.16. The van der Waals surface area contributed by atoms with Gasteiger partial charge < -0.3 is 0 Å². The largest absolute Gasteiger partial charge is 0.287 e. The van der Waals surface area contributed by atoms with E-state index in [2.05, 4.69) is 28.0 Å². The van der Waals surface area contributed by atoms with E-state index >= 15 is 0 Å². The molecule has 2 aromatic rings. The van der Waals surface area contributed by atoms with E-state index in [1.54, 1.807) is 0 Å². The molecule has 0 aliphatic rings. The minimum Gasteiger partial charge on any atom is -0.287 e. The average molecular weight is 267 g/mol. The summed E-state index contributed by atoms with van der Waals surface area (Å²) in [6.45, 7) is 2.92. The van der Waals surface area contributed by atoms with E-state index in [-0.39, 0.29) is 5.43 Å². The molecule has 0 fully saturated rings. The Morgan fingerprint density at radius 1 is 1.47 bits per heavy atom. The van der Waals surface area contributed by atoms with Gasteiger partial charge in [-0.2, -0.15) is 5.10 Å². The van der Waals surface area contributed by atoms with E-state index in [9.17, 15) is 4.79 Å². The maximum Gasteiger partial charge on any atom is 0.207 e. The quantitative estimate of drug-likeness (QED) is 0.838. The lowest BCUT2D eigenvalue weighted by Gasteiger charge is -2.07. The number of aryl methyl sites for hydroxylation is 1. The molecule has 0 saturated carbocycles. The molecule has 1 aromatic heterocycles. The number of rotatable bonds is 2. The summed E-state index contributed by atoms with van der Waals surface area (Å²) in [5, 5.41) is 4.83. The van der Waals surface area contributed by atoms with Gasteiger partial charge in [-0.1, -0.05) is 22.9 Å². The third kappa shape index (κ3) is 1.95. The topological polar surface area (TPSA) is 34.9 Å². The maximum atomic E-state index is 11.6. The molecule has 2 rings (SSSR count). The van der Waals surface area contributed by atoms with Gasteiger partial charge in [0.25, 0.3) is 0 Å². The van der Waals surface area contributed by atoms with Crippen molar-refractivity contribution in [3.8, 4) is 0 Å². The van der Waals surface area contributed by atoms with Crippen LogP contribution in [-0.4, -0.2) is 9.78 Å². The van der Waals surface area contributed by atoms with Gasteiger partial charge >= 0.3 is 0 Å². The standard InChI is InChI=1S/C11H11BrN2O/c1-2-5-14-10-4-3-8(12)6-9(10)11(15)7-13-14/h3-4,6-7H,2,5H2,1H3. The lowest BCUT2D eigenvalue weighted by Crippen LogP contribution is -2.11. The van der Waals surface area contributed by atoms with Crippen molar-refractivity contribution in [3.63, 3.8) is 0 Å². The Morgan fingerprint density at radius 2 is 2.27 bits per heavy atom. The summed E-state index contributed by atoms with van der Waals surface area (Å²) in [6, 6.07) is 5.69. The minimum absolute atomic E-state index is 0.0290. The van der Waals surface area contributed by atoms with Crippen LogP contribution in [0.15, 0.2) is 33.7 Å².